The topological polar surface area (TPSA) is 123 Å². The van der Waals surface area contributed by atoms with Crippen molar-refractivity contribution < 1.29 is 17.6 Å². The Balaban J connectivity index is 1.49. The predicted octanol–water partition coefficient (Wildman–Crippen LogP) is 2.86. The van der Waals surface area contributed by atoms with Crippen molar-refractivity contribution in [3.05, 3.63) is 71.9 Å². The van der Waals surface area contributed by atoms with Gasteiger partial charge in [-0.1, -0.05) is 23.3 Å². The number of carbonyl (C=O) groups excluding carboxylic acids is 1. The Morgan fingerprint density at radius 1 is 1.06 bits per heavy atom. The number of hydrogen-bond acceptors (Lipinski definition) is 7. The maximum absolute atomic E-state index is 12.9. The minimum Gasteiger partial charge on any atom is -0.401 e. The number of aromatic nitrogens is 4. The van der Waals surface area contributed by atoms with E-state index in [9.17, 15) is 13.2 Å². The molecule has 10 nitrogen and oxygen atoms in total. The molecule has 11 heteroatoms. The molecule has 0 saturated heterocycles. The van der Waals surface area contributed by atoms with Gasteiger partial charge in [-0.25, -0.2) is 8.42 Å². The number of nitrogens with one attached hydrogen (secondary N) is 1. The van der Waals surface area contributed by atoms with Crippen LogP contribution in [0.25, 0.3) is 11.6 Å². The average Bonchev–Trinajstić information content (AvgIpc) is 3.39. The van der Waals surface area contributed by atoms with E-state index < -0.39 is 15.9 Å². The Morgan fingerprint density at radius 2 is 1.75 bits per heavy atom. The highest BCUT2D eigenvalue weighted by Crippen LogP contribution is 2.23. The zero-order valence-electron chi connectivity index (χ0n) is 17.6. The first-order chi connectivity index (χ1) is 15.3. The molecule has 2 aromatic heterocycles. The Morgan fingerprint density at radius 3 is 2.38 bits per heavy atom. The maximum atomic E-state index is 12.9. The fourth-order valence-electron chi connectivity index (χ4n) is 3.07. The van der Waals surface area contributed by atoms with Gasteiger partial charge in [-0.3, -0.25) is 19.1 Å². The van der Waals surface area contributed by atoms with Gasteiger partial charge in [0.1, 0.15) is 5.69 Å². The molecule has 2 heterocycles. The standard InChI is InChI=1S/C21H20N6O4S/c1-14-13-18(26(2)25-14)20-23-24-21(31-20)22-19(28)15-9-11-17(12-10-15)32(29,30)27(3)16-7-5-4-6-8-16/h4-13H,1-3H3,(H,22,24,28). The van der Waals surface area contributed by atoms with Gasteiger partial charge in [-0.05, 0) is 49.4 Å². The monoisotopic (exact) mass is 452 g/mol. The third-order valence-corrected chi connectivity index (χ3v) is 6.56. The van der Waals surface area contributed by atoms with Crippen LogP contribution in [-0.2, 0) is 17.1 Å². The van der Waals surface area contributed by atoms with Crippen LogP contribution in [0.1, 0.15) is 16.1 Å². The van der Waals surface area contributed by atoms with Gasteiger partial charge in [0.15, 0.2) is 0 Å². The van der Waals surface area contributed by atoms with Crippen LogP contribution in [0.15, 0.2) is 70.0 Å². The summed E-state index contributed by atoms with van der Waals surface area (Å²) in [6.07, 6.45) is 0. The third-order valence-electron chi connectivity index (χ3n) is 4.76. The van der Waals surface area contributed by atoms with Crippen molar-refractivity contribution in [1.82, 2.24) is 20.0 Å². The van der Waals surface area contributed by atoms with E-state index in [2.05, 4.69) is 20.6 Å². The Hall–Kier alpha value is -3.99. The van der Waals surface area contributed by atoms with E-state index in [4.69, 9.17) is 4.42 Å². The molecule has 1 N–H and O–H groups in total. The van der Waals surface area contributed by atoms with Crippen molar-refractivity contribution in [1.29, 1.82) is 0 Å². The summed E-state index contributed by atoms with van der Waals surface area (Å²) in [5, 5.41) is 14.5. The molecule has 2 aromatic carbocycles. The minimum atomic E-state index is -3.77. The van der Waals surface area contributed by atoms with Gasteiger partial charge in [0.25, 0.3) is 21.8 Å². The first-order valence-corrected chi connectivity index (χ1v) is 11.0. The molecule has 1 amide bonds. The molecule has 164 valence electrons. The summed E-state index contributed by atoms with van der Waals surface area (Å²) in [5.41, 5.74) is 2.18. The molecular weight excluding hydrogens is 432 g/mol. The minimum absolute atomic E-state index is 0.0621. The SMILES string of the molecule is Cc1cc(-c2nnc(NC(=O)c3ccc(S(=O)(=O)N(C)c4ccccc4)cc3)o2)n(C)n1. The quantitative estimate of drug-likeness (QED) is 0.477. The highest BCUT2D eigenvalue weighted by atomic mass is 32.2. The largest absolute Gasteiger partial charge is 0.401 e. The number of amides is 1. The average molecular weight is 452 g/mol. The summed E-state index contributed by atoms with van der Waals surface area (Å²) in [6, 6.07) is 16.0. The number of sulfonamides is 1. The molecule has 0 aliphatic carbocycles. The Labute approximate surface area is 184 Å². The van der Waals surface area contributed by atoms with Crippen molar-refractivity contribution in [3.63, 3.8) is 0 Å². The molecule has 32 heavy (non-hydrogen) atoms. The van der Waals surface area contributed by atoms with E-state index in [-0.39, 0.29) is 22.4 Å². The number of benzene rings is 2. The van der Waals surface area contributed by atoms with Crippen molar-refractivity contribution in [2.75, 3.05) is 16.7 Å². The molecule has 0 saturated carbocycles. The van der Waals surface area contributed by atoms with Gasteiger partial charge in [-0.2, -0.15) is 5.10 Å². The molecule has 0 spiro atoms. The fraction of sp³-hybridized carbons (Fsp3) is 0.143. The first-order valence-electron chi connectivity index (χ1n) is 9.55. The molecule has 0 aliphatic rings. The lowest BCUT2D eigenvalue weighted by Crippen LogP contribution is -2.26. The van der Waals surface area contributed by atoms with Crippen LogP contribution in [0.2, 0.25) is 0 Å². The number of anilines is 2. The molecule has 0 fully saturated rings. The van der Waals surface area contributed by atoms with Crippen LogP contribution in [0, 0.1) is 6.92 Å². The van der Waals surface area contributed by atoms with E-state index in [0.29, 0.717) is 11.4 Å². The van der Waals surface area contributed by atoms with Crippen molar-refractivity contribution in [2.24, 2.45) is 7.05 Å². The second kappa shape index (κ2) is 8.27. The van der Waals surface area contributed by atoms with Gasteiger partial charge in [0.05, 0.1) is 16.3 Å². The second-order valence-corrected chi connectivity index (χ2v) is 8.96. The zero-order chi connectivity index (χ0) is 22.9. The lowest BCUT2D eigenvalue weighted by molar-refractivity contribution is 0.102. The maximum Gasteiger partial charge on any atom is 0.322 e. The summed E-state index contributed by atoms with van der Waals surface area (Å²) in [6.45, 7) is 1.84. The lowest BCUT2D eigenvalue weighted by atomic mass is 10.2. The zero-order valence-corrected chi connectivity index (χ0v) is 18.4. The molecular formula is C21H20N6O4S. The van der Waals surface area contributed by atoms with Crippen molar-refractivity contribution in [3.8, 4) is 11.6 Å². The Bertz CT molecular complexity index is 1360. The van der Waals surface area contributed by atoms with Crippen LogP contribution in [0.4, 0.5) is 11.7 Å². The summed E-state index contributed by atoms with van der Waals surface area (Å²) >= 11 is 0. The van der Waals surface area contributed by atoms with Crippen LogP contribution < -0.4 is 9.62 Å². The first kappa shape index (κ1) is 21.2. The van der Waals surface area contributed by atoms with Crippen LogP contribution in [-0.4, -0.2) is 41.4 Å². The normalized spacial score (nSPS) is 11.3. The number of rotatable bonds is 6. The highest BCUT2D eigenvalue weighted by Gasteiger charge is 2.22. The summed E-state index contributed by atoms with van der Waals surface area (Å²) in [7, 11) is -0.550. The number of nitrogens with zero attached hydrogens (tertiary/aromatic N) is 5. The van der Waals surface area contributed by atoms with Gasteiger partial charge in [0.2, 0.25) is 0 Å². The molecule has 0 bridgehead atoms. The van der Waals surface area contributed by atoms with E-state index in [0.717, 1.165) is 5.69 Å². The molecule has 0 unspecified atom stereocenters. The molecule has 0 radical (unpaired) electrons. The van der Waals surface area contributed by atoms with Crippen LogP contribution >= 0.6 is 0 Å². The number of para-hydroxylation sites is 1. The lowest BCUT2D eigenvalue weighted by Gasteiger charge is -2.19. The van der Waals surface area contributed by atoms with E-state index in [1.54, 1.807) is 42.1 Å². The van der Waals surface area contributed by atoms with Gasteiger partial charge in [-0.15, -0.1) is 5.10 Å². The van der Waals surface area contributed by atoms with Crippen molar-refractivity contribution in [2.45, 2.75) is 11.8 Å². The molecule has 4 rings (SSSR count). The Kier molecular flexibility index (Phi) is 5.49. The molecule has 0 atom stereocenters. The van der Waals surface area contributed by atoms with Crippen LogP contribution in [0.5, 0.6) is 0 Å². The summed E-state index contributed by atoms with van der Waals surface area (Å²) in [5.74, 6) is -0.296. The van der Waals surface area contributed by atoms with Gasteiger partial charge >= 0.3 is 6.01 Å². The summed E-state index contributed by atoms with van der Waals surface area (Å²) < 4.78 is 34.0. The van der Waals surface area contributed by atoms with E-state index in [1.807, 2.05) is 13.0 Å². The third kappa shape index (κ3) is 4.10. The molecule has 0 aliphatic heterocycles. The van der Waals surface area contributed by atoms with Crippen molar-refractivity contribution >= 4 is 27.6 Å². The second-order valence-electron chi connectivity index (χ2n) is 6.99. The summed E-state index contributed by atoms with van der Waals surface area (Å²) in [4.78, 5) is 12.6. The smallest absolute Gasteiger partial charge is 0.322 e. The number of carbonyl (C=O) groups is 1. The van der Waals surface area contributed by atoms with Gasteiger partial charge in [0, 0.05) is 19.7 Å². The highest BCUT2D eigenvalue weighted by molar-refractivity contribution is 7.92. The number of hydrogen-bond donors (Lipinski definition) is 1. The van der Waals surface area contributed by atoms with Crippen LogP contribution in [0.3, 0.4) is 0 Å². The molecule has 4 aromatic rings. The van der Waals surface area contributed by atoms with E-state index in [1.165, 1.54) is 35.6 Å². The number of aryl methyl sites for hydroxylation is 2. The van der Waals surface area contributed by atoms with E-state index >= 15 is 0 Å². The fourth-order valence-corrected chi connectivity index (χ4v) is 4.27. The van der Waals surface area contributed by atoms with Gasteiger partial charge < -0.3 is 4.42 Å². The predicted molar refractivity (Wildman–Crippen MR) is 118 cm³/mol.